The van der Waals surface area contributed by atoms with E-state index in [-0.39, 0.29) is 5.56 Å². The molecule has 0 aliphatic rings. The highest BCUT2D eigenvalue weighted by Gasteiger charge is 2.11. The molecule has 2 heterocycles. The quantitative estimate of drug-likeness (QED) is 0.739. The molecule has 1 aromatic carbocycles. The first-order valence-electron chi connectivity index (χ1n) is 6.98. The molecule has 0 saturated carbocycles. The number of nitrogens with zero attached hydrogens (tertiary/aromatic N) is 3. The van der Waals surface area contributed by atoms with Crippen molar-refractivity contribution in [3.63, 3.8) is 0 Å². The molecule has 21 heavy (non-hydrogen) atoms. The summed E-state index contributed by atoms with van der Waals surface area (Å²) in [6.07, 6.45) is 5.73. The molecule has 0 fully saturated rings. The lowest BCUT2D eigenvalue weighted by molar-refractivity contribution is 0.660. The van der Waals surface area contributed by atoms with Gasteiger partial charge in [0.05, 0.1) is 6.20 Å². The van der Waals surface area contributed by atoms with Crippen LogP contribution in [0.2, 0.25) is 0 Å². The molecule has 4 nitrogen and oxygen atoms in total. The van der Waals surface area contributed by atoms with Gasteiger partial charge < -0.3 is 4.57 Å². The number of benzene rings is 1. The van der Waals surface area contributed by atoms with Crippen molar-refractivity contribution in [3.8, 4) is 22.3 Å². The summed E-state index contributed by atoms with van der Waals surface area (Å²) in [6.45, 7) is 2.88. The Bertz CT molecular complexity index is 816. The summed E-state index contributed by atoms with van der Waals surface area (Å²) >= 11 is 0. The first kappa shape index (κ1) is 13.4. The standard InChI is InChI=1S/C17H17N3O/c1-3-20-11-14(10-18-20)16-12-19(2)17(21)9-15(16)13-7-5-4-6-8-13/h4-12H,3H2,1-2H3. The van der Waals surface area contributed by atoms with Gasteiger partial charge in [0.2, 0.25) is 0 Å². The highest BCUT2D eigenvalue weighted by Crippen LogP contribution is 2.30. The molecule has 2 aromatic heterocycles. The Hall–Kier alpha value is -2.62. The second-order valence-electron chi connectivity index (χ2n) is 5.00. The Balaban J connectivity index is 2.23. The molecule has 0 spiro atoms. The molecule has 4 heteroatoms. The lowest BCUT2D eigenvalue weighted by Crippen LogP contribution is -2.15. The van der Waals surface area contributed by atoms with Crippen molar-refractivity contribution >= 4 is 0 Å². The fourth-order valence-corrected chi connectivity index (χ4v) is 2.39. The van der Waals surface area contributed by atoms with E-state index in [1.54, 1.807) is 17.7 Å². The smallest absolute Gasteiger partial charge is 0.250 e. The summed E-state index contributed by atoms with van der Waals surface area (Å²) in [6, 6.07) is 11.6. The second-order valence-corrected chi connectivity index (χ2v) is 5.00. The first-order chi connectivity index (χ1) is 10.2. The molecule has 0 aliphatic heterocycles. The van der Waals surface area contributed by atoms with E-state index in [4.69, 9.17) is 0 Å². The molecular weight excluding hydrogens is 262 g/mol. The molecule has 0 unspecified atom stereocenters. The van der Waals surface area contributed by atoms with Crippen LogP contribution in [0.3, 0.4) is 0 Å². The maximum atomic E-state index is 12.0. The molecule has 106 valence electrons. The molecule has 0 aliphatic carbocycles. The van der Waals surface area contributed by atoms with Crippen LogP contribution >= 0.6 is 0 Å². The van der Waals surface area contributed by atoms with Crippen LogP contribution in [0.5, 0.6) is 0 Å². The van der Waals surface area contributed by atoms with E-state index in [1.165, 1.54) is 0 Å². The molecule has 0 atom stereocenters. The monoisotopic (exact) mass is 279 g/mol. The largest absolute Gasteiger partial charge is 0.318 e. The summed E-state index contributed by atoms with van der Waals surface area (Å²) in [5.74, 6) is 0. The van der Waals surface area contributed by atoms with Gasteiger partial charge in [-0.2, -0.15) is 5.10 Å². The molecule has 3 rings (SSSR count). The van der Waals surface area contributed by atoms with Crippen LogP contribution in [0.25, 0.3) is 22.3 Å². The second kappa shape index (κ2) is 5.40. The number of hydrogen-bond acceptors (Lipinski definition) is 2. The number of aryl methyl sites for hydroxylation is 2. The van der Waals surface area contributed by atoms with Gasteiger partial charge in [-0.15, -0.1) is 0 Å². The van der Waals surface area contributed by atoms with E-state index in [1.807, 2.05) is 53.6 Å². The van der Waals surface area contributed by atoms with Crippen LogP contribution in [0, 0.1) is 0 Å². The molecule has 0 saturated heterocycles. The van der Waals surface area contributed by atoms with Crippen LogP contribution in [-0.4, -0.2) is 14.3 Å². The average Bonchev–Trinajstić information content (AvgIpc) is 2.99. The van der Waals surface area contributed by atoms with Crippen molar-refractivity contribution < 1.29 is 0 Å². The zero-order valence-electron chi connectivity index (χ0n) is 12.2. The van der Waals surface area contributed by atoms with E-state index in [0.29, 0.717) is 0 Å². The minimum absolute atomic E-state index is 0.0134. The van der Waals surface area contributed by atoms with Crippen molar-refractivity contribution in [2.75, 3.05) is 0 Å². The summed E-state index contributed by atoms with van der Waals surface area (Å²) in [4.78, 5) is 12.0. The Morgan fingerprint density at radius 2 is 1.81 bits per heavy atom. The topological polar surface area (TPSA) is 39.8 Å². The van der Waals surface area contributed by atoms with Gasteiger partial charge in [0, 0.05) is 43.2 Å². The van der Waals surface area contributed by atoms with Crippen LogP contribution < -0.4 is 5.56 Å². The van der Waals surface area contributed by atoms with Crippen LogP contribution in [0.4, 0.5) is 0 Å². The summed E-state index contributed by atoms with van der Waals surface area (Å²) in [5.41, 5.74) is 4.00. The van der Waals surface area contributed by atoms with Gasteiger partial charge in [0.1, 0.15) is 0 Å². The minimum Gasteiger partial charge on any atom is -0.318 e. The van der Waals surface area contributed by atoms with Crippen molar-refractivity contribution in [2.45, 2.75) is 13.5 Å². The lowest BCUT2D eigenvalue weighted by atomic mass is 9.98. The van der Waals surface area contributed by atoms with E-state index in [9.17, 15) is 4.79 Å². The third-order valence-corrected chi connectivity index (χ3v) is 3.58. The number of hydrogen-bond donors (Lipinski definition) is 0. The van der Waals surface area contributed by atoms with Gasteiger partial charge in [-0.1, -0.05) is 30.3 Å². The Morgan fingerprint density at radius 3 is 2.48 bits per heavy atom. The highest BCUT2D eigenvalue weighted by molar-refractivity contribution is 5.82. The highest BCUT2D eigenvalue weighted by atomic mass is 16.1. The van der Waals surface area contributed by atoms with Gasteiger partial charge in [0.25, 0.3) is 5.56 Å². The van der Waals surface area contributed by atoms with Gasteiger partial charge in [-0.25, -0.2) is 0 Å². The van der Waals surface area contributed by atoms with Gasteiger partial charge >= 0.3 is 0 Å². The van der Waals surface area contributed by atoms with Crippen LogP contribution in [-0.2, 0) is 13.6 Å². The molecular formula is C17H17N3O. The maximum absolute atomic E-state index is 12.0. The Labute approximate surface area is 123 Å². The Morgan fingerprint density at radius 1 is 1.05 bits per heavy atom. The third kappa shape index (κ3) is 2.52. The number of pyridine rings is 1. The van der Waals surface area contributed by atoms with Gasteiger partial charge in [-0.3, -0.25) is 9.48 Å². The molecule has 0 N–H and O–H groups in total. The minimum atomic E-state index is -0.0134. The molecule has 3 aromatic rings. The van der Waals surface area contributed by atoms with Gasteiger partial charge in [0.15, 0.2) is 0 Å². The predicted molar refractivity (Wildman–Crippen MR) is 84.0 cm³/mol. The van der Waals surface area contributed by atoms with Gasteiger partial charge in [-0.05, 0) is 18.1 Å². The molecule has 0 bridgehead atoms. The zero-order valence-corrected chi connectivity index (χ0v) is 12.2. The van der Waals surface area contributed by atoms with Crippen LogP contribution in [0.15, 0.2) is 59.8 Å². The fourth-order valence-electron chi connectivity index (χ4n) is 2.39. The first-order valence-corrected chi connectivity index (χ1v) is 6.98. The van der Waals surface area contributed by atoms with Crippen molar-refractivity contribution in [3.05, 3.63) is 65.3 Å². The normalized spacial score (nSPS) is 10.8. The van der Waals surface area contributed by atoms with Crippen molar-refractivity contribution in [2.24, 2.45) is 7.05 Å². The van der Waals surface area contributed by atoms with Crippen molar-refractivity contribution in [1.29, 1.82) is 0 Å². The summed E-state index contributed by atoms with van der Waals surface area (Å²) < 4.78 is 3.49. The fraction of sp³-hybridized carbons (Fsp3) is 0.176. The average molecular weight is 279 g/mol. The zero-order chi connectivity index (χ0) is 14.8. The van der Waals surface area contributed by atoms with E-state index in [2.05, 4.69) is 12.0 Å². The maximum Gasteiger partial charge on any atom is 0.250 e. The van der Waals surface area contributed by atoms with E-state index in [0.717, 1.165) is 28.8 Å². The predicted octanol–water partition coefficient (Wildman–Crippen LogP) is 2.94. The lowest BCUT2D eigenvalue weighted by Gasteiger charge is -2.10. The van der Waals surface area contributed by atoms with E-state index >= 15 is 0 Å². The molecule has 0 radical (unpaired) electrons. The summed E-state index contributed by atoms with van der Waals surface area (Å²) in [5, 5.41) is 4.33. The molecule has 0 amide bonds. The SMILES string of the molecule is CCn1cc(-c2cn(C)c(=O)cc2-c2ccccc2)cn1. The Kier molecular flexibility index (Phi) is 3.44. The van der Waals surface area contributed by atoms with E-state index < -0.39 is 0 Å². The summed E-state index contributed by atoms with van der Waals surface area (Å²) in [7, 11) is 1.77. The third-order valence-electron chi connectivity index (χ3n) is 3.58. The van der Waals surface area contributed by atoms with Crippen molar-refractivity contribution in [1.82, 2.24) is 14.3 Å². The number of rotatable bonds is 3. The van der Waals surface area contributed by atoms with Crippen LogP contribution in [0.1, 0.15) is 6.92 Å². The number of aromatic nitrogens is 3.